The number of imidazole rings is 1. The SMILES string of the molecule is CCc1cncn1-c1ccc(OC)c(N)c1. The largest absolute Gasteiger partial charge is 0.495 e. The Hall–Kier alpha value is -1.97. The van der Waals surface area contributed by atoms with Gasteiger partial charge >= 0.3 is 0 Å². The standard InChI is InChI=1S/C12H15N3O/c1-3-9-7-14-8-15(9)10-4-5-12(16-2)11(13)6-10/h4-8H,3,13H2,1-2H3. The number of aromatic nitrogens is 2. The van der Waals surface area contributed by atoms with E-state index in [9.17, 15) is 0 Å². The highest BCUT2D eigenvalue weighted by Crippen LogP contribution is 2.24. The quantitative estimate of drug-likeness (QED) is 0.800. The summed E-state index contributed by atoms with van der Waals surface area (Å²) < 4.78 is 7.15. The average molecular weight is 217 g/mol. The summed E-state index contributed by atoms with van der Waals surface area (Å²) >= 11 is 0. The molecule has 84 valence electrons. The summed E-state index contributed by atoms with van der Waals surface area (Å²) in [6.45, 7) is 2.10. The summed E-state index contributed by atoms with van der Waals surface area (Å²) in [5.74, 6) is 0.696. The van der Waals surface area contributed by atoms with Crippen LogP contribution in [-0.4, -0.2) is 16.7 Å². The number of nitrogens with two attached hydrogens (primary N) is 1. The van der Waals surface area contributed by atoms with E-state index in [1.54, 1.807) is 13.4 Å². The van der Waals surface area contributed by atoms with E-state index in [0.717, 1.165) is 17.8 Å². The molecule has 2 rings (SSSR count). The van der Waals surface area contributed by atoms with E-state index >= 15 is 0 Å². The van der Waals surface area contributed by atoms with Gasteiger partial charge < -0.3 is 15.0 Å². The van der Waals surface area contributed by atoms with Crippen LogP contribution in [0.15, 0.2) is 30.7 Å². The van der Waals surface area contributed by atoms with Gasteiger partial charge in [0.25, 0.3) is 0 Å². The maximum absolute atomic E-state index is 5.87. The Morgan fingerprint density at radius 3 is 2.88 bits per heavy atom. The third-order valence-corrected chi connectivity index (χ3v) is 2.57. The Bertz CT molecular complexity index is 491. The molecule has 16 heavy (non-hydrogen) atoms. The Kier molecular flexibility index (Phi) is 2.81. The van der Waals surface area contributed by atoms with Crippen molar-refractivity contribution in [3.05, 3.63) is 36.4 Å². The molecule has 0 atom stereocenters. The van der Waals surface area contributed by atoms with Gasteiger partial charge in [0.15, 0.2) is 0 Å². The highest BCUT2D eigenvalue weighted by Gasteiger charge is 2.05. The molecule has 0 saturated heterocycles. The number of ether oxygens (including phenoxy) is 1. The molecule has 2 aromatic rings. The summed E-state index contributed by atoms with van der Waals surface area (Å²) in [6.07, 6.45) is 4.59. The summed E-state index contributed by atoms with van der Waals surface area (Å²) in [7, 11) is 1.61. The molecule has 0 radical (unpaired) electrons. The normalized spacial score (nSPS) is 10.4. The second-order valence-corrected chi connectivity index (χ2v) is 3.53. The molecule has 0 aliphatic carbocycles. The molecule has 0 spiro atoms. The minimum Gasteiger partial charge on any atom is -0.495 e. The van der Waals surface area contributed by atoms with Crippen molar-refractivity contribution in [2.75, 3.05) is 12.8 Å². The van der Waals surface area contributed by atoms with Crippen LogP contribution in [0.2, 0.25) is 0 Å². The molecule has 2 N–H and O–H groups in total. The van der Waals surface area contributed by atoms with E-state index in [2.05, 4.69) is 11.9 Å². The number of methoxy groups -OCH3 is 1. The molecule has 0 saturated carbocycles. The Balaban J connectivity index is 2.45. The molecule has 0 amide bonds. The van der Waals surface area contributed by atoms with Crippen LogP contribution >= 0.6 is 0 Å². The minimum absolute atomic E-state index is 0.635. The number of rotatable bonds is 3. The van der Waals surface area contributed by atoms with Crippen LogP contribution in [0.1, 0.15) is 12.6 Å². The van der Waals surface area contributed by atoms with Crippen LogP contribution in [0, 0.1) is 0 Å². The summed E-state index contributed by atoms with van der Waals surface area (Å²) in [4.78, 5) is 4.13. The van der Waals surface area contributed by atoms with Gasteiger partial charge in [-0.1, -0.05) is 6.92 Å². The number of nitrogen functional groups attached to an aromatic ring is 1. The monoisotopic (exact) mass is 217 g/mol. The molecule has 0 aliphatic rings. The van der Waals surface area contributed by atoms with Crippen molar-refractivity contribution in [1.29, 1.82) is 0 Å². The van der Waals surface area contributed by atoms with Crippen molar-refractivity contribution in [2.45, 2.75) is 13.3 Å². The van der Waals surface area contributed by atoms with Gasteiger partial charge in [-0.25, -0.2) is 4.98 Å². The second kappa shape index (κ2) is 4.26. The second-order valence-electron chi connectivity index (χ2n) is 3.53. The smallest absolute Gasteiger partial charge is 0.141 e. The van der Waals surface area contributed by atoms with Crippen molar-refractivity contribution in [2.24, 2.45) is 0 Å². The van der Waals surface area contributed by atoms with Gasteiger partial charge in [0, 0.05) is 17.6 Å². The molecule has 0 unspecified atom stereocenters. The molecule has 4 nitrogen and oxygen atoms in total. The summed E-state index contributed by atoms with van der Waals surface area (Å²) in [5, 5.41) is 0. The Labute approximate surface area is 94.7 Å². The van der Waals surface area contributed by atoms with Crippen LogP contribution in [0.4, 0.5) is 5.69 Å². The number of hydrogen-bond acceptors (Lipinski definition) is 3. The fraction of sp³-hybridized carbons (Fsp3) is 0.250. The maximum Gasteiger partial charge on any atom is 0.141 e. The zero-order valence-corrected chi connectivity index (χ0v) is 9.47. The molecular weight excluding hydrogens is 202 g/mol. The predicted octanol–water partition coefficient (Wildman–Crippen LogP) is 2.03. The van der Waals surface area contributed by atoms with Crippen LogP contribution in [-0.2, 0) is 6.42 Å². The van der Waals surface area contributed by atoms with Gasteiger partial charge in [-0.3, -0.25) is 0 Å². The molecule has 0 fully saturated rings. The first-order valence-electron chi connectivity index (χ1n) is 5.21. The zero-order chi connectivity index (χ0) is 11.5. The van der Waals surface area contributed by atoms with Crippen LogP contribution in [0.25, 0.3) is 5.69 Å². The van der Waals surface area contributed by atoms with Crippen molar-refractivity contribution in [1.82, 2.24) is 9.55 Å². The van der Waals surface area contributed by atoms with E-state index in [1.165, 1.54) is 0 Å². The first kappa shape index (κ1) is 10.5. The van der Waals surface area contributed by atoms with E-state index < -0.39 is 0 Å². The molecule has 1 heterocycles. The van der Waals surface area contributed by atoms with Gasteiger partial charge in [0.2, 0.25) is 0 Å². The number of benzene rings is 1. The van der Waals surface area contributed by atoms with E-state index in [0.29, 0.717) is 11.4 Å². The van der Waals surface area contributed by atoms with Crippen molar-refractivity contribution in [3.63, 3.8) is 0 Å². The lowest BCUT2D eigenvalue weighted by Gasteiger charge is -2.09. The van der Waals surface area contributed by atoms with Crippen LogP contribution < -0.4 is 10.5 Å². The highest BCUT2D eigenvalue weighted by atomic mass is 16.5. The maximum atomic E-state index is 5.87. The first-order chi connectivity index (χ1) is 7.76. The number of nitrogens with zero attached hydrogens (tertiary/aromatic N) is 2. The minimum atomic E-state index is 0.635. The van der Waals surface area contributed by atoms with Crippen molar-refractivity contribution in [3.8, 4) is 11.4 Å². The molecule has 1 aromatic carbocycles. The van der Waals surface area contributed by atoms with Crippen LogP contribution in [0.5, 0.6) is 5.75 Å². The zero-order valence-electron chi connectivity index (χ0n) is 9.47. The highest BCUT2D eigenvalue weighted by molar-refractivity contribution is 5.58. The van der Waals surface area contributed by atoms with Gasteiger partial charge in [0.1, 0.15) is 5.75 Å². The third-order valence-electron chi connectivity index (χ3n) is 2.57. The fourth-order valence-corrected chi connectivity index (χ4v) is 1.69. The van der Waals surface area contributed by atoms with Gasteiger partial charge in [-0.15, -0.1) is 0 Å². The lowest BCUT2D eigenvalue weighted by molar-refractivity contribution is 0.417. The van der Waals surface area contributed by atoms with Crippen LogP contribution in [0.3, 0.4) is 0 Å². The molecular formula is C12H15N3O. The molecule has 4 heteroatoms. The lowest BCUT2D eigenvalue weighted by atomic mass is 10.2. The lowest BCUT2D eigenvalue weighted by Crippen LogP contribution is -2.00. The molecule has 0 aliphatic heterocycles. The van der Waals surface area contributed by atoms with E-state index in [4.69, 9.17) is 10.5 Å². The van der Waals surface area contributed by atoms with Gasteiger partial charge in [0.05, 0.1) is 19.1 Å². The van der Waals surface area contributed by atoms with E-state index in [1.807, 2.05) is 29.0 Å². The summed E-state index contributed by atoms with van der Waals surface area (Å²) in [6, 6.07) is 5.72. The van der Waals surface area contributed by atoms with Crippen molar-refractivity contribution >= 4 is 5.69 Å². The number of hydrogen-bond donors (Lipinski definition) is 1. The Morgan fingerprint density at radius 1 is 1.44 bits per heavy atom. The Morgan fingerprint density at radius 2 is 2.25 bits per heavy atom. The molecule has 0 bridgehead atoms. The van der Waals surface area contributed by atoms with Gasteiger partial charge in [-0.05, 0) is 24.6 Å². The number of anilines is 1. The van der Waals surface area contributed by atoms with Gasteiger partial charge in [-0.2, -0.15) is 0 Å². The summed E-state index contributed by atoms with van der Waals surface area (Å²) in [5.41, 5.74) is 8.67. The van der Waals surface area contributed by atoms with E-state index in [-0.39, 0.29) is 0 Å². The number of aryl methyl sites for hydroxylation is 1. The first-order valence-corrected chi connectivity index (χ1v) is 5.21. The molecule has 1 aromatic heterocycles. The van der Waals surface area contributed by atoms with Crippen molar-refractivity contribution < 1.29 is 4.74 Å². The fourth-order valence-electron chi connectivity index (χ4n) is 1.69. The topological polar surface area (TPSA) is 53.1 Å². The third kappa shape index (κ3) is 1.74. The average Bonchev–Trinajstić information content (AvgIpc) is 2.77. The predicted molar refractivity (Wildman–Crippen MR) is 63.9 cm³/mol.